The van der Waals surface area contributed by atoms with Gasteiger partial charge >= 0.3 is 6.18 Å². The van der Waals surface area contributed by atoms with E-state index in [9.17, 15) is 18.3 Å². The Bertz CT molecular complexity index is 862. The number of phenols is 1. The highest BCUT2D eigenvalue weighted by Gasteiger charge is 2.33. The number of nitrogens with zero attached hydrogens (tertiary/aromatic N) is 1. The van der Waals surface area contributed by atoms with Crippen molar-refractivity contribution < 1.29 is 18.3 Å². The molecular formula is C16H9ClF3NO. The second-order valence-electron chi connectivity index (χ2n) is 4.72. The Morgan fingerprint density at radius 3 is 2.50 bits per heavy atom. The lowest BCUT2D eigenvalue weighted by molar-refractivity contribution is -0.136. The first kappa shape index (κ1) is 14.7. The quantitative estimate of drug-likeness (QED) is 0.661. The maximum atomic E-state index is 13.1. The molecule has 6 heteroatoms. The molecule has 0 unspecified atom stereocenters. The van der Waals surface area contributed by atoms with Gasteiger partial charge in [-0.3, -0.25) is 4.98 Å². The number of fused-ring (bicyclic) bond motifs is 1. The van der Waals surface area contributed by atoms with Crippen LogP contribution in [0.25, 0.3) is 22.0 Å². The zero-order valence-corrected chi connectivity index (χ0v) is 11.8. The van der Waals surface area contributed by atoms with Gasteiger partial charge < -0.3 is 5.11 Å². The number of phenolic OH excluding ortho intramolecular Hbond substituents is 1. The molecule has 1 aromatic heterocycles. The first-order chi connectivity index (χ1) is 10.4. The van der Waals surface area contributed by atoms with E-state index in [0.717, 1.165) is 6.07 Å². The maximum Gasteiger partial charge on any atom is 0.418 e. The van der Waals surface area contributed by atoms with Crippen LogP contribution < -0.4 is 0 Å². The topological polar surface area (TPSA) is 33.1 Å². The van der Waals surface area contributed by atoms with Gasteiger partial charge in [-0.15, -0.1) is 0 Å². The van der Waals surface area contributed by atoms with Crippen molar-refractivity contribution in [3.63, 3.8) is 0 Å². The minimum atomic E-state index is -4.49. The van der Waals surface area contributed by atoms with Crippen LogP contribution in [0.3, 0.4) is 0 Å². The number of pyridine rings is 1. The second-order valence-corrected chi connectivity index (χ2v) is 5.13. The van der Waals surface area contributed by atoms with Crippen LogP contribution in [0, 0.1) is 0 Å². The minimum absolute atomic E-state index is 0.0173. The summed E-state index contributed by atoms with van der Waals surface area (Å²) in [5.74, 6) is -0.0173. The Hall–Kier alpha value is -2.27. The summed E-state index contributed by atoms with van der Waals surface area (Å²) in [7, 11) is 0. The van der Waals surface area contributed by atoms with Crippen LogP contribution in [0.5, 0.6) is 5.75 Å². The van der Waals surface area contributed by atoms with Gasteiger partial charge in [0.25, 0.3) is 0 Å². The summed E-state index contributed by atoms with van der Waals surface area (Å²) in [5, 5.41) is 10.3. The number of aromatic hydroxyl groups is 1. The van der Waals surface area contributed by atoms with Crippen LogP contribution in [0.1, 0.15) is 5.56 Å². The number of para-hydroxylation sites is 1. The van der Waals surface area contributed by atoms with Crippen LogP contribution in [-0.2, 0) is 6.18 Å². The van der Waals surface area contributed by atoms with Gasteiger partial charge in [0.15, 0.2) is 0 Å². The number of benzene rings is 2. The number of aromatic nitrogens is 1. The summed E-state index contributed by atoms with van der Waals surface area (Å²) >= 11 is 6.11. The van der Waals surface area contributed by atoms with Gasteiger partial charge in [-0.2, -0.15) is 13.2 Å². The van der Waals surface area contributed by atoms with Gasteiger partial charge in [0, 0.05) is 22.2 Å². The zero-order chi connectivity index (χ0) is 15.9. The Kier molecular flexibility index (Phi) is 3.45. The SMILES string of the molecule is Oc1ccc(Cl)c(-c2ccnc3c(C(F)(F)F)cccc23)c1. The summed E-state index contributed by atoms with van der Waals surface area (Å²) in [4.78, 5) is 3.86. The molecule has 0 bridgehead atoms. The molecule has 0 atom stereocenters. The minimum Gasteiger partial charge on any atom is -0.508 e. The summed E-state index contributed by atoms with van der Waals surface area (Å²) < 4.78 is 39.3. The van der Waals surface area contributed by atoms with E-state index in [1.165, 1.54) is 30.5 Å². The molecule has 0 spiro atoms. The van der Waals surface area contributed by atoms with Gasteiger partial charge in [-0.05, 0) is 35.9 Å². The van der Waals surface area contributed by atoms with Crippen molar-refractivity contribution in [2.45, 2.75) is 6.18 Å². The van der Waals surface area contributed by atoms with Crippen molar-refractivity contribution in [1.29, 1.82) is 0 Å². The molecule has 0 amide bonds. The van der Waals surface area contributed by atoms with Crippen LogP contribution in [-0.4, -0.2) is 10.1 Å². The van der Waals surface area contributed by atoms with E-state index in [-0.39, 0.29) is 11.3 Å². The van der Waals surface area contributed by atoms with Crippen molar-refractivity contribution >= 4 is 22.5 Å². The third-order valence-corrected chi connectivity index (χ3v) is 3.65. The van der Waals surface area contributed by atoms with Gasteiger partial charge in [-0.25, -0.2) is 0 Å². The van der Waals surface area contributed by atoms with Gasteiger partial charge in [0.1, 0.15) is 5.75 Å². The molecule has 3 aromatic rings. The molecule has 22 heavy (non-hydrogen) atoms. The smallest absolute Gasteiger partial charge is 0.418 e. The Balaban J connectivity index is 2.35. The van der Waals surface area contributed by atoms with Crippen molar-refractivity contribution in [2.24, 2.45) is 0 Å². The normalized spacial score (nSPS) is 11.8. The lowest BCUT2D eigenvalue weighted by Crippen LogP contribution is -2.06. The van der Waals surface area contributed by atoms with Crippen LogP contribution in [0.2, 0.25) is 5.02 Å². The molecule has 1 N–H and O–H groups in total. The number of hydrogen-bond acceptors (Lipinski definition) is 2. The zero-order valence-electron chi connectivity index (χ0n) is 11.0. The summed E-state index contributed by atoms with van der Waals surface area (Å²) in [6.07, 6.45) is -3.19. The first-order valence-electron chi connectivity index (χ1n) is 6.32. The fourth-order valence-corrected chi connectivity index (χ4v) is 2.58. The van der Waals surface area contributed by atoms with Gasteiger partial charge in [0.05, 0.1) is 11.1 Å². The van der Waals surface area contributed by atoms with Crippen molar-refractivity contribution in [1.82, 2.24) is 4.98 Å². The molecule has 3 rings (SSSR count). The predicted octanol–water partition coefficient (Wildman–Crippen LogP) is 5.28. The van der Waals surface area contributed by atoms with Crippen LogP contribution >= 0.6 is 11.6 Å². The van der Waals surface area contributed by atoms with E-state index in [0.29, 0.717) is 21.5 Å². The Morgan fingerprint density at radius 2 is 1.77 bits per heavy atom. The highest BCUT2D eigenvalue weighted by atomic mass is 35.5. The third-order valence-electron chi connectivity index (χ3n) is 3.32. The van der Waals surface area contributed by atoms with Crippen LogP contribution in [0.4, 0.5) is 13.2 Å². The fraction of sp³-hybridized carbons (Fsp3) is 0.0625. The Labute approximate surface area is 128 Å². The first-order valence-corrected chi connectivity index (χ1v) is 6.69. The van der Waals surface area contributed by atoms with E-state index in [1.54, 1.807) is 12.1 Å². The summed E-state index contributed by atoms with van der Waals surface area (Å²) in [6, 6.07) is 9.76. The predicted molar refractivity (Wildman–Crippen MR) is 78.9 cm³/mol. The highest BCUT2D eigenvalue weighted by molar-refractivity contribution is 6.33. The number of halogens is 4. The molecule has 0 fully saturated rings. The molecule has 2 aromatic carbocycles. The van der Waals surface area contributed by atoms with Gasteiger partial charge in [-0.1, -0.05) is 23.7 Å². The molecule has 0 saturated carbocycles. The lowest BCUT2D eigenvalue weighted by Gasteiger charge is -2.13. The van der Waals surface area contributed by atoms with E-state index in [2.05, 4.69) is 4.98 Å². The maximum absolute atomic E-state index is 13.1. The molecule has 112 valence electrons. The largest absolute Gasteiger partial charge is 0.508 e. The van der Waals surface area contributed by atoms with E-state index >= 15 is 0 Å². The second kappa shape index (κ2) is 5.18. The molecule has 0 saturated heterocycles. The third kappa shape index (κ3) is 2.48. The molecule has 0 aliphatic heterocycles. The fourth-order valence-electron chi connectivity index (χ4n) is 2.36. The standard InChI is InChI=1S/C16H9ClF3NO/c17-14-5-4-9(22)8-12(14)10-6-7-21-15-11(10)2-1-3-13(15)16(18,19)20/h1-8,22H. The average molecular weight is 324 g/mol. The summed E-state index contributed by atoms with van der Waals surface area (Å²) in [5.41, 5.74) is -0.0135. The molecule has 0 aliphatic carbocycles. The van der Waals surface area contributed by atoms with Crippen molar-refractivity contribution in [3.05, 3.63) is 59.2 Å². The van der Waals surface area contributed by atoms with E-state index in [1.807, 2.05) is 0 Å². The highest BCUT2D eigenvalue weighted by Crippen LogP contribution is 2.39. The molecule has 2 nitrogen and oxygen atoms in total. The van der Waals surface area contributed by atoms with Gasteiger partial charge in [0.2, 0.25) is 0 Å². The Morgan fingerprint density at radius 1 is 1.00 bits per heavy atom. The number of alkyl halides is 3. The van der Waals surface area contributed by atoms with Crippen molar-refractivity contribution in [3.8, 4) is 16.9 Å². The molecular weight excluding hydrogens is 315 g/mol. The van der Waals surface area contributed by atoms with Crippen LogP contribution in [0.15, 0.2) is 48.7 Å². The monoisotopic (exact) mass is 323 g/mol. The van der Waals surface area contributed by atoms with Crippen molar-refractivity contribution in [2.75, 3.05) is 0 Å². The van der Waals surface area contributed by atoms with E-state index in [4.69, 9.17) is 11.6 Å². The lowest BCUT2D eigenvalue weighted by atomic mass is 9.99. The molecule has 0 aliphatic rings. The van der Waals surface area contributed by atoms with E-state index < -0.39 is 11.7 Å². The molecule has 1 heterocycles. The number of hydrogen-bond donors (Lipinski definition) is 1. The average Bonchev–Trinajstić information content (AvgIpc) is 2.47. The summed E-state index contributed by atoms with van der Waals surface area (Å²) in [6.45, 7) is 0. The number of rotatable bonds is 1. The molecule has 0 radical (unpaired) electrons.